The van der Waals surface area contributed by atoms with Crippen LogP contribution in [0.15, 0.2) is 36.5 Å². The quantitative estimate of drug-likeness (QED) is 0.638. The summed E-state index contributed by atoms with van der Waals surface area (Å²) in [6.45, 7) is 3.67. The molecule has 1 N–H and O–H groups in total. The van der Waals surface area contributed by atoms with Crippen LogP contribution >= 0.6 is 0 Å². The summed E-state index contributed by atoms with van der Waals surface area (Å²) in [5.41, 5.74) is 2.35. The van der Waals surface area contributed by atoms with Crippen LogP contribution < -0.4 is 5.32 Å². The molecule has 0 radical (unpaired) electrons. The number of nitrogens with zero attached hydrogens (tertiary/aromatic N) is 1. The average Bonchev–Trinajstić information content (AvgIpc) is 2.39. The second kappa shape index (κ2) is 6.03. The molecule has 2 heteroatoms. The number of hydrogen-bond acceptors (Lipinski definition) is 2. The van der Waals surface area contributed by atoms with E-state index in [2.05, 4.69) is 40.3 Å². The molecule has 86 valence electrons. The number of nitrogens with one attached hydrogen (secondary N) is 1. The van der Waals surface area contributed by atoms with Crippen molar-refractivity contribution in [2.24, 2.45) is 0 Å². The number of aromatic nitrogens is 1. The lowest BCUT2D eigenvalue weighted by atomic mass is 10.1. The molecule has 0 unspecified atom stereocenters. The van der Waals surface area contributed by atoms with Gasteiger partial charge in [-0.05, 0) is 24.6 Å². The Labute approximate surface area is 102 Å². The lowest BCUT2D eigenvalue weighted by molar-refractivity contribution is 0.704. The first kappa shape index (κ1) is 11.6. The third-order valence-electron chi connectivity index (χ3n) is 2.66. The first-order valence-corrected chi connectivity index (χ1v) is 5.85. The van der Waals surface area contributed by atoms with Gasteiger partial charge in [0.1, 0.15) is 0 Å². The predicted octanol–water partition coefficient (Wildman–Crippen LogP) is 2.74. The molecule has 0 aliphatic heterocycles. The topological polar surface area (TPSA) is 24.9 Å². The Morgan fingerprint density at radius 1 is 1.24 bits per heavy atom. The summed E-state index contributed by atoms with van der Waals surface area (Å²) in [4.78, 5) is 4.35. The highest BCUT2D eigenvalue weighted by Crippen LogP contribution is 2.15. The van der Waals surface area contributed by atoms with E-state index in [1.165, 1.54) is 10.9 Å². The van der Waals surface area contributed by atoms with Crippen molar-refractivity contribution >= 4 is 10.9 Å². The molecule has 0 saturated heterocycles. The SMILES string of the molecule is CC#CCCNCc1ccnc2ccccc12. The van der Waals surface area contributed by atoms with Crippen molar-refractivity contribution in [2.75, 3.05) is 6.54 Å². The van der Waals surface area contributed by atoms with Crippen LogP contribution in [0.25, 0.3) is 10.9 Å². The molecule has 0 aliphatic rings. The first-order valence-electron chi connectivity index (χ1n) is 5.85. The van der Waals surface area contributed by atoms with Crippen LogP contribution in [-0.4, -0.2) is 11.5 Å². The van der Waals surface area contributed by atoms with Crippen LogP contribution in [0.4, 0.5) is 0 Å². The molecule has 2 nitrogen and oxygen atoms in total. The number of rotatable bonds is 4. The first-order chi connectivity index (χ1) is 8.42. The van der Waals surface area contributed by atoms with Gasteiger partial charge in [0.2, 0.25) is 0 Å². The number of hydrogen-bond donors (Lipinski definition) is 1. The zero-order valence-electron chi connectivity index (χ0n) is 10.0. The van der Waals surface area contributed by atoms with Gasteiger partial charge in [0.25, 0.3) is 0 Å². The molecular weight excluding hydrogens is 208 g/mol. The second-order valence-corrected chi connectivity index (χ2v) is 3.84. The van der Waals surface area contributed by atoms with Crippen LogP contribution in [0.2, 0.25) is 0 Å². The van der Waals surface area contributed by atoms with E-state index in [1.54, 1.807) is 0 Å². The predicted molar refractivity (Wildman–Crippen MR) is 71.5 cm³/mol. The number of para-hydroxylation sites is 1. The van der Waals surface area contributed by atoms with E-state index in [4.69, 9.17) is 0 Å². The summed E-state index contributed by atoms with van der Waals surface area (Å²) >= 11 is 0. The fourth-order valence-corrected chi connectivity index (χ4v) is 1.81. The van der Waals surface area contributed by atoms with Crippen molar-refractivity contribution in [2.45, 2.75) is 19.9 Å². The Bertz CT molecular complexity index is 544. The highest BCUT2D eigenvalue weighted by atomic mass is 14.8. The summed E-state index contributed by atoms with van der Waals surface area (Å²) in [6, 6.07) is 10.3. The van der Waals surface area contributed by atoms with E-state index < -0.39 is 0 Å². The minimum atomic E-state index is 0.869. The van der Waals surface area contributed by atoms with Gasteiger partial charge >= 0.3 is 0 Å². The van der Waals surface area contributed by atoms with Crippen molar-refractivity contribution in [1.29, 1.82) is 0 Å². The molecule has 0 bridgehead atoms. The monoisotopic (exact) mass is 224 g/mol. The van der Waals surface area contributed by atoms with E-state index >= 15 is 0 Å². The summed E-state index contributed by atoms with van der Waals surface area (Å²) < 4.78 is 0. The van der Waals surface area contributed by atoms with Gasteiger partial charge in [-0.15, -0.1) is 11.8 Å². The summed E-state index contributed by atoms with van der Waals surface area (Å²) in [5, 5.41) is 4.62. The second-order valence-electron chi connectivity index (χ2n) is 3.84. The highest BCUT2D eigenvalue weighted by molar-refractivity contribution is 5.81. The van der Waals surface area contributed by atoms with Gasteiger partial charge in [-0.25, -0.2) is 0 Å². The molecule has 2 aromatic rings. The van der Waals surface area contributed by atoms with Gasteiger partial charge in [0.15, 0.2) is 0 Å². The summed E-state index contributed by atoms with van der Waals surface area (Å²) in [7, 11) is 0. The molecule has 0 atom stereocenters. The molecule has 0 amide bonds. The molecule has 1 aromatic carbocycles. The molecule has 1 aromatic heterocycles. The Morgan fingerprint density at radius 3 is 3.00 bits per heavy atom. The minimum absolute atomic E-state index is 0.869. The molecular formula is C15H16N2. The third kappa shape index (κ3) is 3.05. The number of benzene rings is 1. The Hall–Kier alpha value is -1.85. The van der Waals surface area contributed by atoms with E-state index in [0.717, 1.165) is 25.0 Å². The van der Waals surface area contributed by atoms with E-state index in [-0.39, 0.29) is 0 Å². The largest absolute Gasteiger partial charge is 0.312 e. The minimum Gasteiger partial charge on any atom is -0.312 e. The molecule has 0 fully saturated rings. The lowest BCUT2D eigenvalue weighted by Crippen LogP contribution is -2.14. The van der Waals surface area contributed by atoms with Crippen LogP contribution in [0.1, 0.15) is 18.9 Å². The van der Waals surface area contributed by atoms with Crippen molar-refractivity contribution in [1.82, 2.24) is 10.3 Å². The maximum Gasteiger partial charge on any atom is 0.0705 e. The molecule has 0 aliphatic carbocycles. The lowest BCUT2D eigenvalue weighted by Gasteiger charge is -2.06. The molecule has 1 heterocycles. The molecule has 17 heavy (non-hydrogen) atoms. The van der Waals surface area contributed by atoms with Gasteiger partial charge in [-0.1, -0.05) is 18.2 Å². The fraction of sp³-hybridized carbons (Fsp3) is 0.267. The Balaban J connectivity index is 2.05. The number of fused-ring (bicyclic) bond motifs is 1. The van der Waals surface area contributed by atoms with E-state index in [9.17, 15) is 0 Å². The van der Waals surface area contributed by atoms with Crippen molar-refractivity contribution in [3.8, 4) is 11.8 Å². The van der Waals surface area contributed by atoms with Crippen LogP contribution in [0, 0.1) is 11.8 Å². The maximum atomic E-state index is 4.35. The number of pyridine rings is 1. The molecule has 0 spiro atoms. The van der Waals surface area contributed by atoms with Crippen LogP contribution in [-0.2, 0) is 6.54 Å². The maximum absolute atomic E-state index is 4.35. The van der Waals surface area contributed by atoms with Gasteiger partial charge < -0.3 is 5.32 Å². The summed E-state index contributed by atoms with van der Waals surface area (Å²) in [5.74, 6) is 5.94. The van der Waals surface area contributed by atoms with Crippen LogP contribution in [0.5, 0.6) is 0 Å². The highest BCUT2D eigenvalue weighted by Gasteiger charge is 1.99. The van der Waals surface area contributed by atoms with Crippen molar-refractivity contribution in [3.05, 3.63) is 42.1 Å². The van der Waals surface area contributed by atoms with Gasteiger partial charge in [0, 0.05) is 31.1 Å². The fourth-order valence-electron chi connectivity index (χ4n) is 1.81. The zero-order chi connectivity index (χ0) is 11.9. The van der Waals surface area contributed by atoms with Crippen molar-refractivity contribution < 1.29 is 0 Å². The standard InChI is InChI=1S/C15H16N2/c1-2-3-6-10-16-12-13-9-11-17-15-8-5-4-7-14(13)15/h4-5,7-9,11,16H,6,10,12H2,1H3. The Morgan fingerprint density at radius 2 is 2.12 bits per heavy atom. The smallest absolute Gasteiger partial charge is 0.0705 e. The molecule has 2 rings (SSSR count). The average molecular weight is 224 g/mol. The summed E-state index contributed by atoms with van der Waals surface area (Å²) in [6.07, 6.45) is 2.77. The normalized spacial score (nSPS) is 9.94. The van der Waals surface area contributed by atoms with Gasteiger partial charge in [-0.2, -0.15) is 0 Å². The van der Waals surface area contributed by atoms with Gasteiger partial charge in [0.05, 0.1) is 5.52 Å². The van der Waals surface area contributed by atoms with E-state index in [1.807, 2.05) is 25.3 Å². The third-order valence-corrected chi connectivity index (χ3v) is 2.66. The van der Waals surface area contributed by atoms with Crippen molar-refractivity contribution in [3.63, 3.8) is 0 Å². The van der Waals surface area contributed by atoms with Gasteiger partial charge in [-0.3, -0.25) is 4.98 Å². The van der Waals surface area contributed by atoms with E-state index in [0.29, 0.717) is 0 Å². The molecule has 0 saturated carbocycles. The Kier molecular flexibility index (Phi) is 4.12. The van der Waals surface area contributed by atoms with Crippen LogP contribution in [0.3, 0.4) is 0 Å². The zero-order valence-corrected chi connectivity index (χ0v) is 10.0.